The Morgan fingerprint density at radius 1 is 1.09 bits per heavy atom. The number of nitrogens with zero attached hydrogens (tertiary/aromatic N) is 1. The molecule has 0 bridgehead atoms. The molecule has 0 spiro atoms. The van der Waals surface area contributed by atoms with E-state index in [0.717, 1.165) is 36.8 Å². The number of aromatic nitrogens is 1. The van der Waals surface area contributed by atoms with Crippen molar-refractivity contribution in [2.45, 2.75) is 46.0 Å². The van der Waals surface area contributed by atoms with Crippen molar-refractivity contribution in [1.82, 2.24) is 9.88 Å². The first-order valence-electron chi connectivity index (χ1n) is 12.4. The second-order valence-corrected chi connectivity index (χ2v) is 8.79. The number of carbonyl (C=O) groups is 1. The zero-order valence-corrected chi connectivity index (χ0v) is 20.2. The van der Waals surface area contributed by atoms with Crippen LogP contribution in [0, 0.1) is 0 Å². The fraction of sp³-hybridized carbons (Fsp3) is 0.393. The van der Waals surface area contributed by atoms with Crippen molar-refractivity contribution in [2.75, 3.05) is 31.6 Å². The van der Waals surface area contributed by atoms with Gasteiger partial charge in [-0.25, -0.2) is 4.79 Å². The first-order valence-corrected chi connectivity index (χ1v) is 12.4. The smallest absolute Gasteiger partial charge is 0.417 e. The highest BCUT2D eigenvalue weighted by Gasteiger charge is 2.16. The molecule has 1 aromatic heterocycles. The molecule has 1 aliphatic heterocycles. The van der Waals surface area contributed by atoms with Crippen LogP contribution in [0.3, 0.4) is 0 Å². The maximum atomic E-state index is 12.5. The molecule has 2 aromatic carbocycles. The van der Waals surface area contributed by atoms with Crippen molar-refractivity contribution in [3.8, 4) is 11.5 Å². The van der Waals surface area contributed by atoms with Crippen LogP contribution < -0.4 is 14.8 Å². The molecule has 0 aliphatic carbocycles. The first kappa shape index (κ1) is 23.9. The number of benzene rings is 2. The largest absolute Gasteiger partial charge is 0.493 e. The fourth-order valence-corrected chi connectivity index (χ4v) is 4.31. The fourth-order valence-electron chi connectivity index (χ4n) is 4.31. The number of anilines is 1. The van der Waals surface area contributed by atoms with Crippen LogP contribution >= 0.6 is 0 Å². The molecule has 0 fully saturated rings. The van der Waals surface area contributed by atoms with Gasteiger partial charge in [-0.3, -0.25) is 10.2 Å². The number of rotatable bonds is 10. The summed E-state index contributed by atoms with van der Waals surface area (Å²) in [6.07, 6.45) is 9.68. The molecular weight excluding hydrogens is 426 g/mol. The molecule has 180 valence electrons. The second kappa shape index (κ2) is 11.7. The van der Waals surface area contributed by atoms with Gasteiger partial charge in [-0.15, -0.1) is 0 Å². The van der Waals surface area contributed by atoms with E-state index in [4.69, 9.17) is 9.47 Å². The number of hydrogen-bond donors (Lipinski definition) is 2. The van der Waals surface area contributed by atoms with Crippen molar-refractivity contribution in [3.05, 3.63) is 60.3 Å². The predicted octanol–water partition coefficient (Wildman–Crippen LogP) is 6.85. The topological polar surface area (TPSA) is 66.6 Å². The Bertz CT molecular complexity index is 1130. The van der Waals surface area contributed by atoms with Gasteiger partial charge in [0, 0.05) is 47.5 Å². The molecule has 6 heteroatoms. The molecule has 3 aromatic rings. The zero-order valence-electron chi connectivity index (χ0n) is 20.2. The van der Waals surface area contributed by atoms with Crippen LogP contribution in [0.2, 0.25) is 0 Å². The minimum atomic E-state index is -0.524. The van der Waals surface area contributed by atoms with Crippen LogP contribution in [0.5, 0.6) is 11.5 Å². The number of fused-ring (bicyclic) bond motifs is 1. The van der Waals surface area contributed by atoms with Crippen molar-refractivity contribution in [3.63, 3.8) is 0 Å². The summed E-state index contributed by atoms with van der Waals surface area (Å²) in [7, 11) is 0. The molecule has 4 rings (SSSR count). The van der Waals surface area contributed by atoms with Crippen molar-refractivity contribution in [2.24, 2.45) is 0 Å². The van der Waals surface area contributed by atoms with E-state index in [1.807, 2.05) is 30.3 Å². The van der Waals surface area contributed by atoms with Gasteiger partial charge in [0.05, 0.1) is 6.61 Å². The van der Waals surface area contributed by atoms with Crippen molar-refractivity contribution >= 4 is 28.3 Å². The summed E-state index contributed by atoms with van der Waals surface area (Å²) < 4.78 is 11.1. The molecule has 34 heavy (non-hydrogen) atoms. The Labute approximate surface area is 201 Å². The number of ether oxygens (including phenoxy) is 2. The number of unbranched alkanes of at least 4 members (excludes halogenated alkanes) is 2. The van der Waals surface area contributed by atoms with Crippen molar-refractivity contribution < 1.29 is 14.3 Å². The van der Waals surface area contributed by atoms with E-state index in [2.05, 4.69) is 41.3 Å². The van der Waals surface area contributed by atoms with E-state index in [1.165, 1.54) is 36.9 Å². The Morgan fingerprint density at radius 2 is 1.97 bits per heavy atom. The minimum Gasteiger partial charge on any atom is -0.493 e. The molecule has 1 amide bonds. The van der Waals surface area contributed by atoms with Gasteiger partial charge in [0.2, 0.25) is 0 Å². The van der Waals surface area contributed by atoms with Gasteiger partial charge in [0.25, 0.3) is 0 Å². The van der Waals surface area contributed by atoms with Crippen LogP contribution in [0.1, 0.15) is 51.5 Å². The molecule has 2 heterocycles. The van der Waals surface area contributed by atoms with E-state index < -0.39 is 6.09 Å². The summed E-state index contributed by atoms with van der Waals surface area (Å²) in [6, 6.07) is 13.0. The van der Waals surface area contributed by atoms with Gasteiger partial charge in [-0.05, 0) is 61.7 Å². The van der Waals surface area contributed by atoms with Crippen molar-refractivity contribution in [1.29, 1.82) is 0 Å². The Hall–Kier alpha value is -3.25. The Morgan fingerprint density at radius 3 is 2.76 bits per heavy atom. The zero-order chi connectivity index (χ0) is 23.8. The molecular formula is C28H35N3O3. The molecule has 2 N–H and O–H groups in total. The molecule has 0 radical (unpaired) electrons. The summed E-state index contributed by atoms with van der Waals surface area (Å²) in [5, 5.41) is 3.97. The number of carbonyl (C=O) groups excluding carboxylic acids is 1. The minimum absolute atomic E-state index is 0.449. The molecule has 1 aliphatic rings. The quantitative estimate of drug-likeness (QED) is 0.324. The third-order valence-electron chi connectivity index (χ3n) is 6.13. The number of nitrogens with one attached hydrogen (secondary N) is 2. The lowest BCUT2D eigenvalue weighted by molar-refractivity contribution is 0.215. The summed E-state index contributed by atoms with van der Waals surface area (Å²) >= 11 is 0. The van der Waals surface area contributed by atoms with Gasteiger partial charge >= 0.3 is 6.09 Å². The third-order valence-corrected chi connectivity index (χ3v) is 6.13. The molecule has 0 saturated carbocycles. The van der Waals surface area contributed by atoms with Gasteiger partial charge in [-0.2, -0.15) is 0 Å². The number of hydrogen-bond acceptors (Lipinski definition) is 4. The monoisotopic (exact) mass is 461 g/mol. The SMILES string of the molecule is CCCCCN1CC=C(c2c[nH]c3ccc(NC(=O)Oc4cccc(OCCC)c4)cc23)CC1. The summed E-state index contributed by atoms with van der Waals surface area (Å²) in [5.74, 6) is 1.14. The predicted molar refractivity (Wildman–Crippen MR) is 139 cm³/mol. The van der Waals surface area contributed by atoms with Crippen LogP contribution in [0.15, 0.2) is 54.7 Å². The maximum absolute atomic E-state index is 12.5. The van der Waals surface area contributed by atoms with Crippen LogP contribution in [0.4, 0.5) is 10.5 Å². The Balaban J connectivity index is 1.41. The van der Waals surface area contributed by atoms with E-state index >= 15 is 0 Å². The maximum Gasteiger partial charge on any atom is 0.417 e. The first-order chi connectivity index (χ1) is 16.7. The van der Waals surface area contributed by atoms with Gasteiger partial charge < -0.3 is 14.5 Å². The van der Waals surface area contributed by atoms with E-state index in [9.17, 15) is 4.79 Å². The second-order valence-electron chi connectivity index (χ2n) is 8.79. The van der Waals surface area contributed by atoms with Gasteiger partial charge in [-0.1, -0.05) is 38.8 Å². The van der Waals surface area contributed by atoms with Crippen LogP contribution in [0.25, 0.3) is 16.5 Å². The van der Waals surface area contributed by atoms with E-state index in [-0.39, 0.29) is 0 Å². The molecule has 0 unspecified atom stereocenters. The molecule has 6 nitrogen and oxygen atoms in total. The summed E-state index contributed by atoms with van der Waals surface area (Å²) in [5.41, 5.74) is 4.33. The summed E-state index contributed by atoms with van der Waals surface area (Å²) in [4.78, 5) is 18.4. The van der Waals surface area contributed by atoms with Crippen LogP contribution in [-0.2, 0) is 0 Å². The lowest BCUT2D eigenvalue weighted by atomic mass is 9.98. The third kappa shape index (κ3) is 6.20. The molecule has 0 saturated heterocycles. The lowest BCUT2D eigenvalue weighted by Crippen LogP contribution is -2.29. The number of amides is 1. The number of aromatic amines is 1. The highest BCUT2D eigenvalue weighted by molar-refractivity contribution is 5.97. The highest BCUT2D eigenvalue weighted by Crippen LogP contribution is 2.31. The van der Waals surface area contributed by atoms with E-state index in [1.54, 1.807) is 12.1 Å². The lowest BCUT2D eigenvalue weighted by Gasteiger charge is -2.26. The number of H-pyrrole nitrogens is 1. The summed E-state index contributed by atoms with van der Waals surface area (Å²) in [6.45, 7) is 8.19. The normalized spacial score (nSPS) is 14.1. The average molecular weight is 462 g/mol. The average Bonchev–Trinajstić information content (AvgIpc) is 3.27. The standard InChI is InChI=1S/C28H35N3O3/c1-3-5-6-14-31-15-12-21(13-16-31)26-20-29-27-11-10-22(18-25(26)27)30-28(32)34-24-9-7-8-23(19-24)33-17-4-2/h7-12,18-20,29H,3-6,13-17H2,1-2H3,(H,30,32). The van der Waals surface area contributed by atoms with Gasteiger partial charge in [0.15, 0.2) is 0 Å². The Kier molecular flexibility index (Phi) is 8.26. The molecule has 0 atom stereocenters. The van der Waals surface area contributed by atoms with E-state index in [0.29, 0.717) is 23.8 Å². The van der Waals surface area contributed by atoms with Crippen LogP contribution in [-0.4, -0.2) is 42.2 Å². The highest BCUT2D eigenvalue weighted by atomic mass is 16.6. The van der Waals surface area contributed by atoms with Gasteiger partial charge in [0.1, 0.15) is 11.5 Å².